The fourth-order valence-corrected chi connectivity index (χ4v) is 6.18. The summed E-state index contributed by atoms with van der Waals surface area (Å²) in [5, 5.41) is 2.71. The molecule has 1 aliphatic rings. The fraction of sp³-hybridized carbons (Fsp3) is 0.269. The highest BCUT2D eigenvalue weighted by molar-refractivity contribution is 7.92. The number of hydrogen-bond acceptors (Lipinski definition) is 7. The van der Waals surface area contributed by atoms with E-state index < -0.39 is 26.0 Å². The van der Waals surface area contributed by atoms with Gasteiger partial charge in [0, 0.05) is 51.1 Å². The number of piperazine rings is 1. The third-order valence-electron chi connectivity index (χ3n) is 6.49. The molecule has 0 aliphatic carbocycles. The van der Waals surface area contributed by atoms with Gasteiger partial charge in [-0.15, -0.1) is 0 Å². The van der Waals surface area contributed by atoms with Crippen LogP contribution in [0.15, 0.2) is 77.7 Å². The first kappa shape index (κ1) is 27.6. The maximum Gasteiger partial charge on any atom is 0.257 e. The van der Waals surface area contributed by atoms with Crippen LogP contribution in [0.25, 0.3) is 0 Å². The summed E-state index contributed by atoms with van der Waals surface area (Å²) in [4.78, 5) is 15.2. The number of hydrogen-bond donors (Lipinski definition) is 2. The van der Waals surface area contributed by atoms with Crippen LogP contribution < -0.4 is 20.3 Å². The first-order valence-electron chi connectivity index (χ1n) is 12.0. The normalized spacial score (nSPS) is 14.8. The Morgan fingerprint density at radius 3 is 2.21 bits per heavy atom. The van der Waals surface area contributed by atoms with Gasteiger partial charge in [0.05, 0.1) is 22.4 Å². The molecule has 0 spiro atoms. The van der Waals surface area contributed by atoms with Gasteiger partial charge in [-0.1, -0.05) is 24.3 Å². The number of carbonyl (C=O) groups is 1. The number of nitrogens with two attached hydrogens (primary N) is 1. The predicted octanol–water partition coefficient (Wildman–Crippen LogP) is 2.30. The minimum absolute atomic E-state index is 0.131. The lowest BCUT2D eigenvalue weighted by Gasteiger charge is -2.35. The molecule has 3 aromatic rings. The molecule has 38 heavy (non-hydrogen) atoms. The van der Waals surface area contributed by atoms with Gasteiger partial charge in [0.25, 0.3) is 5.91 Å². The minimum Gasteiger partial charge on any atom is -0.369 e. The van der Waals surface area contributed by atoms with E-state index in [9.17, 15) is 21.6 Å². The van der Waals surface area contributed by atoms with Crippen LogP contribution in [0.4, 0.5) is 17.1 Å². The Balaban J connectivity index is 1.43. The van der Waals surface area contributed by atoms with Gasteiger partial charge in [-0.3, -0.25) is 9.10 Å². The number of nitrogens with one attached hydrogen (secondary N) is 1. The standard InChI is InChI=1S/C26H31N5O5S2/c1-29(37(2,33)34)25-9-4-3-8-24(25)26(32)28-21-10-12-23(13-11-21)38(35,36)31-16-14-30(15-17-31)22-7-5-6-20(18-22)19-27/h3-13,18H,14-17,19,27H2,1-2H3,(H,28,32). The maximum atomic E-state index is 13.2. The second-order valence-electron chi connectivity index (χ2n) is 8.99. The van der Waals surface area contributed by atoms with Crippen LogP contribution in [-0.2, 0) is 26.6 Å². The average Bonchev–Trinajstić information content (AvgIpc) is 2.92. The largest absolute Gasteiger partial charge is 0.369 e. The Bertz CT molecular complexity index is 1520. The van der Waals surface area contributed by atoms with Crippen LogP contribution in [-0.4, -0.2) is 66.5 Å². The average molecular weight is 558 g/mol. The molecule has 0 bridgehead atoms. The molecule has 1 amide bonds. The second kappa shape index (κ2) is 11.1. The van der Waals surface area contributed by atoms with Crippen molar-refractivity contribution in [1.29, 1.82) is 0 Å². The van der Waals surface area contributed by atoms with E-state index in [0.717, 1.165) is 21.8 Å². The topological polar surface area (TPSA) is 133 Å². The zero-order valence-electron chi connectivity index (χ0n) is 21.2. The SMILES string of the molecule is CN(c1ccccc1C(=O)Nc1ccc(S(=O)(=O)N2CCN(c3cccc(CN)c3)CC2)cc1)S(C)(=O)=O. The number of nitrogens with zero attached hydrogens (tertiary/aromatic N) is 3. The Hall–Kier alpha value is -3.45. The molecule has 0 atom stereocenters. The first-order valence-corrected chi connectivity index (χ1v) is 15.3. The number of anilines is 3. The molecule has 12 heteroatoms. The maximum absolute atomic E-state index is 13.2. The number of rotatable bonds is 8. The summed E-state index contributed by atoms with van der Waals surface area (Å²) in [5.41, 5.74) is 8.58. The van der Waals surface area contributed by atoms with E-state index in [2.05, 4.69) is 10.2 Å². The van der Waals surface area contributed by atoms with Gasteiger partial charge < -0.3 is 16.0 Å². The lowest BCUT2D eigenvalue weighted by molar-refractivity contribution is 0.102. The van der Waals surface area contributed by atoms with Gasteiger partial charge in [-0.25, -0.2) is 16.8 Å². The molecule has 3 aromatic carbocycles. The van der Waals surface area contributed by atoms with Crippen molar-refractivity contribution in [3.63, 3.8) is 0 Å². The highest BCUT2D eigenvalue weighted by atomic mass is 32.2. The van der Waals surface area contributed by atoms with E-state index in [1.807, 2.05) is 24.3 Å². The van der Waals surface area contributed by atoms with Gasteiger partial charge in [-0.2, -0.15) is 4.31 Å². The van der Waals surface area contributed by atoms with E-state index in [-0.39, 0.29) is 16.1 Å². The van der Waals surface area contributed by atoms with Gasteiger partial charge in [0.15, 0.2) is 0 Å². The molecule has 4 rings (SSSR count). The molecule has 1 saturated heterocycles. The highest BCUT2D eigenvalue weighted by Crippen LogP contribution is 2.25. The monoisotopic (exact) mass is 557 g/mol. The number of amides is 1. The first-order chi connectivity index (χ1) is 18.0. The summed E-state index contributed by atoms with van der Waals surface area (Å²) in [7, 11) is -5.90. The molecule has 0 unspecified atom stereocenters. The minimum atomic E-state index is -3.71. The Labute approximate surface area is 223 Å². The molecular formula is C26H31N5O5S2. The molecule has 1 aliphatic heterocycles. The van der Waals surface area contributed by atoms with Crippen molar-refractivity contribution in [3.8, 4) is 0 Å². The van der Waals surface area contributed by atoms with Gasteiger partial charge in [0.2, 0.25) is 20.0 Å². The Morgan fingerprint density at radius 2 is 1.58 bits per heavy atom. The van der Waals surface area contributed by atoms with E-state index >= 15 is 0 Å². The van der Waals surface area contributed by atoms with Gasteiger partial charge in [0.1, 0.15) is 0 Å². The molecular weight excluding hydrogens is 526 g/mol. The van der Waals surface area contributed by atoms with E-state index in [4.69, 9.17) is 5.73 Å². The highest BCUT2D eigenvalue weighted by Gasteiger charge is 2.29. The molecule has 202 valence electrons. The zero-order chi connectivity index (χ0) is 27.5. The van der Waals surface area contributed by atoms with Crippen molar-refractivity contribution in [2.75, 3.05) is 54.0 Å². The molecule has 1 heterocycles. The Morgan fingerprint density at radius 1 is 0.921 bits per heavy atom. The number of carbonyl (C=O) groups excluding carboxylic acids is 1. The lowest BCUT2D eigenvalue weighted by Crippen LogP contribution is -2.48. The van der Waals surface area contributed by atoms with Crippen LogP contribution in [0.3, 0.4) is 0 Å². The smallest absolute Gasteiger partial charge is 0.257 e. The van der Waals surface area contributed by atoms with Crippen molar-refractivity contribution in [2.24, 2.45) is 5.73 Å². The van der Waals surface area contributed by atoms with E-state index in [1.54, 1.807) is 18.2 Å². The summed E-state index contributed by atoms with van der Waals surface area (Å²) < 4.78 is 52.9. The van der Waals surface area contributed by atoms with Crippen LogP contribution in [0.1, 0.15) is 15.9 Å². The summed E-state index contributed by atoms with van der Waals surface area (Å²) in [6.45, 7) is 2.25. The molecule has 0 radical (unpaired) electrons. The van der Waals surface area contributed by atoms with Crippen LogP contribution in [0.2, 0.25) is 0 Å². The fourth-order valence-electron chi connectivity index (χ4n) is 4.24. The summed E-state index contributed by atoms with van der Waals surface area (Å²) in [5.74, 6) is -0.512. The van der Waals surface area contributed by atoms with Crippen LogP contribution >= 0.6 is 0 Å². The predicted molar refractivity (Wildman–Crippen MR) is 149 cm³/mol. The Kier molecular flexibility index (Phi) is 8.07. The van der Waals surface area contributed by atoms with Crippen LogP contribution in [0, 0.1) is 0 Å². The summed E-state index contributed by atoms with van der Waals surface area (Å²) in [6, 6.07) is 20.2. The molecule has 0 aromatic heterocycles. The van der Waals surface area contributed by atoms with Crippen molar-refractivity contribution in [1.82, 2.24) is 4.31 Å². The third-order valence-corrected chi connectivity index (χ3v) is 9.59. The van der Waals surface area contributed by atoms with Crippen molar-refractivity contribution in [3.05, 3.63) is 83.9 Å². The van der Waals surface area contributed by atoms with Gasteiger partial charge >= 0.3 is 0 Å². The zero-order valence-corrected chi connectivity index (χ0v) is 22.9. The van der Waals surface area contributed by atoms with Crippen LogP contribution in [0.5, 0.6) is 0 Å². The van der Waals surface area contributed by atoms with Crippen molar-refractivity contribution >= 4 is 43.0 Å². The van der Waals surface area contributed by atoms with Crippen molar-refractivity contribution < 1.29 is 21.6 Å². The summed E-state index contributed by atoms with van der Waals surface area (Å²) >= 11 is 0. The van der Waals surface area contributed by atoms with Gasteiger partial charge in [-0.05, 0) is 54.1 Å². The number of sulfonamides is 2. The molecule has 1 fully saturated rings. The second-order valence-corrected chi connectivity index (χ2v) is 12.9. The number of benzene rings is 3. The lowest BCUT2D eigenvalue weighted by atomic mass is 10.1. The van der Waals surface area contributed by atoms with Crippen molar-refractivity contribution in [2.45, 2.75) is 11.4 Å². The quantitative estimate of drug-likeness (QED) is 0.434. The molecule has 10 nitrogen and oxygen atoms in total. The van der Waals surface area contributed by atoms with E-state index in [1.165, 1.54) is 41.7 Å². The molecule has 3 N–H and O–H groups in total. The molecule has 0 saturated carbocycles. The summed E-state index contributed by atoms with van der Waals surface area (Å²) in [6.07, 6.45) is 1.06. The third kappa shape index (κ3) is 5.99. The van der Waals surface area contributed by atoms with E-state index in [0.29, 0.717) is 38.4 Å². The number of para-hydroxylation sites is 1.